The van der Waals surface area contributed by atoms with Gasteiger partial charge in [-0.2, -0.15) is 0 Å². The third-order valence-corrected chi connectivity index (χ3v) is 2.93. The fourth-order valence-corrected chi connectivity index (χ4v) is 2.14. The van der Waals surface area contributed by atoms with E-state index in [0.29, 0.717) is 12.2 Å². The number of benzene rings is 1. The molecule has 1 aromatic rings. The van der Waals surface area contributed by atoms with Crippen LogP contribution in [-0.4, -0.2) is 24.1 Å². The summed E-state index contributed by atoms with van der Waals surface area (Å²) in [6.07, 6.45) is 1.82. The van der Waals surface area contributed by atoms with Gasteiger partial charge in [-0.15, -0.1) is 0 Å². The summed E-state index contributed by atoms with van der Waals surface area (Å²) in [5.41, 5.74) is 6.09. The molecule has 2 rings (SSSR count). The van der Waals surface area contributed by atoms with Gasteiger partial charge in [0, 0.05) is 19.1 Å². The second-order valence-electron chi connectivity index (χ2n) is 4.24. The topological polar surface area (TPSA) is 72.4 Å². The number of hydrogen-bond acceptors (Lipinski definition) is 4. The van der Waals surface area contributed by atoms with Crippen LogP contribution in [0.1, 0.15) is 12.8 Å². The first-order chi connectivity index (χ1) is 8.08. The molecule has 1 atom stereocenters. The van der Waals surface area contributed by atoms with Gasteiger partial charge < -0.3 is 10.6 Å². The molecule has 0 aromatic heterocycles. The minimum Gasteiger partial charge on any atom is -0.364 e. The largest absolute Gasteiger partial charge is 0.364 e. The van der Waals surface area contributed by atoms with Crippen molar-refractivity contribution in [3.8, 4) is 0 Å². The van der Waals surface area contributed by atoms with E-state index in [1.54, 1.807) is 0 Å². The van der Waals surface area contributed by atoms with Gasteiger partial charge in [0.15, 0.2) is 0 Å². The van der Waals surface area contributed by atoms with Crippen molar-refractivity contribution in [2.24, 2.45) is 5.73 Å². The maximum Gasteiger partial charge on any atom is 0.295 e. The molecule has 1 heterocycles. The highest BCUT2D eigenvalue weighted by Crippen LogP contribution is 2.30. The van der Waals surface area contributed by atoms with Crippen LogP contribution in [0.25, 0.3) is 0 Å². The molecule has 17 heavy (non-hydrogen) atoms. The van der Waals surface area contributed by atoms with Gasteiger partial charge in [-0.25, -0.2) is 4.39 Å². The SMILES string of the molecule is NC1CCCN(c2ccc(F)cc2[N+](=O)[O-])C1. The van der Waals surface area contributed by atoms with E-state index in [1.807, 2.05) is 4.90 Å². The van der Waals surface area contributed by atoms with Gasteiger partial charge in [-0.05, 0) is 25.0 Å². The van der Waals surface area contributed by atoms with Crippen LogP contribution in [0.2, 0.25) is 0 Å². The summed E-state index contributed by atoms with van der Waals surface area (Å²) in [5.74, 6) is -0.596. The van der Waals surface area contributed by atoms with Crippen LogP contribution in [0.3, 0.4) is 0 Å². The number of nitro groups is 1. The zero-order valence-corrected chi connectivity index (χ0v) is 9.30. The molecular formula is C11H14FN3O2. The smallest absolute Gasteiger partial charge is 0.295 e. The molecular weight excluding hydrogens is 225 g/mol. The van der Waals surface area contributed by atoms with Gasteiger partial charge >= 0.3 is 0 Å². The van der Waals surface area contributed by atoms with Crippen molar-refractivity contribution >= 4 is 11.4 Å². The zero-order valence-electron chi connectivity index (χ0n) is 9.30. The number of piperidine rings is 1. The second-order valence-corrected chi connectivity index (χ2v) is 4.24. The van der Waals surface area contributed by atoms with Crippen molar-refractivity contribution in [3.63, 3.8) is 0 Å². The average molecular weight is 239 g/mol. The fourth-order valence-electron chi connectivity index (χ4n) is 2.14. The van der Waals surface area contributed by atoms with Crippen LogP contribution < -0.4 is 10.6 Å². The molecule has 5 nitrogen and oxygen atoms in total. The molecule has 1 fully saturated rings. The molecule has 0 amide bonds. The third kappa shape index (κ3) is 2.52. The van der Waals surface area contributed by atoms with Gasteiger partial charge in [0.2, 0.25) is 0 Å². The van der Waals surface area contributed by atoms with E-state index in [0.717, 1.165) is 25.5 Å². The van der Waals surface area contributed by atoms with E-state index in [4.69, 9.17) is 5.73 Å². The van der Waals surface area contributed by atoms with Gasteiger partial charge in [-0.1, -0.05) is 0 Å². The summed E-state index contributed by atoms with van der Waals surface area (Å²) < 4.78 is 13.0. The number of anilines is 1. The number of hydrogen-bond donors (Lipinski definition) is 1. The Hall–Kier alpha value is -1.69. The molecule has 1 aliphatic heterocycles. The first-order valence-electron chi connectivity index (χ1n) is 5.52. The molecule has 0 aliphatic carbocycles. The van der Waals surface area contributed by atoms with E-state index >= 15 is 0 Å². The molecule has 1 aliphatic rings. The maximum absolute atomic E-state index is 13.0. The highest BCUT2D eigenvalue weighted by Gasteiger charge is 2.24. The molecule has 1 saturated heterocycles. The van der Waals surface area contributed by atoms with Crippen LogP contribution in [-0.2, 0) is 0 Å². The first-order valence-corrected chi connectivity index (χ1v) is 5.52. The van der Waals surface area contributed by atoms with Gasteiger partial charge in [0.05, 0.1) is 11.0 Å². The predicted molar refractivity (Wildman–Crippen MR) is 62.5 cm³/mol. The van der Waals surface area contributed by atoms with Crippen LogP contribution >= 0.6 is 0 Å². The van der Waals surface area contributed by atoms with Gasteiger partial charge in [-0.3, -0.25) is 10.1 Å². The Bertz CT molecular complexity index is 439. The fraction of sp³-hybridized carbons (Fsp3) is 0.455. The van der Waals surface area contributed by atoms with Crippen molar-refractivity contribution in [1.29, 1.82) is 0 Å². The Morgan fingerprint density at radius 1 is 1.53 bits per heavy atom. The van der Waals surface area contributed by atoms with Gasteiger partial charge in [0.1, 0.15) is 11.5 Å². The third-order valence-electron chi connectivity index (χ3n) is 2.93. The van der Waals surface area contributed by atoms with Crippen LogP contribution in [0.5, 0.6) is 0 Å². The van der Waals surface area contributed by atoms with Crippen molar-refractivity contribution in [2.45, 2.75) is 18.9 Å². The lowest BCUT2D eigenvalue weighted by molar-refractivity contribution is -0.384. The Labute approximate surface area is 98.2 Å². The van der Waals surface area contributed by atoms with Crippen molar-refractivity contribution in [3.05, 3.63) is 34.1 Å². The van der Waals surface area contributed by atoms with E-state index < -0.39 is 10.7 Å². The minimum absolute atomic E-state index is 0.0217. The van der Waals surface area contributed by atoms with Crippen molar-refractivity contribution in [1.82, 2.24) is 0 Å². The Balaban J connectivity index is 2.33. The summed E-state index contributed by atoms with van der Waals surface area (Å²) in [7, 11) is 0. The van der Waals surface area contributed by atoms with Crippen LogP contribution in [0, 0.1) is 15.9 Å². The highest BCUT2D eigenvalue weighted by atomic mass is 19.1. The van der Waals surface area contributed by atoms with Crippen molar-refractivity contribution in [2.75, 3.05) is 18.0 Å². The number of halogens is 1. The molecule has 1 unspecified atom stereocenters. The summed E-state index contributed by atoms with van der Waals surface area (Å²) in [5, 5.41) is 10.9. The van der Waals surface area contributed by atoms with Crippen molar-refractivity contribution < 1.29 is 9.31 Å². The summed E-state index contributed by atoms with van der Waals surface area (Å²) in [4.78, 5) is 12.2. The highest BCUT2D eigenvalue weighted by molar-refractivity contribution is 5.63. The lowest BCUT2D eigenvalue weighted by atomic mass is 10.1. The zero-order chi connectivity index (χ0) is 12.4. The monoisotopic (exact) mass is 239 g/mol. The lowest BCUT2D eigenvalue weighted by Crippen LogP contribution is -2.43. The van der Waals surface area contributed by atoms with E-state index in [2.05, 4.69) is 0 Å². The quantitative estimate of drug-likeness (QED) is 0.629. The molecule has 6 heteroatoms. The Kier molecular flexibility index (Phi) is 3.23. The lowest BCUT2D eigenvalue weighted by Gasteiger charge is -2.32. The Morgan fingerprint density at radius 2 is 2.29 bits per heavy atom. The first kappa shape index (κ1) is 11.8. The number of nitrogens with zero attached hydrogens (tertiary/aromatic N) is 2. The summed E-state index contributed by atoms with van der Waals surface area (Å²) >= 11 is 0. The second kappa shape index (κ2) is 4.67. The molecule has 0 bridgehead atoms. The van der Waals surface area contributed by atoms with E-state index in [-0.39, 0.29) is 11.7 Å². The molecule has 0 saturated carbocycles. The summed E-state index contributed by atoms with van der Waals surface area (Å²) in [6.45, 7) is 1.30. The standard InChI is InChI=1S/C11H14FN3O2/c12-8-3-4-10(11(6-8)15(16)17)14-5-1-2-9(13)7-14/h3-4,6,9H,1-2,5,7,13H2. The van der Waals surface area contributed by atoms with E-state index in [1.165, 1.54) is 12.1 Å². The Morgan fingerprint density at radius 3 is 2.94 bits per heavy atom. The van der Waals surface area contributed by atoms with Crippen LogP contribution in [0.4, 0.5) is 15.8 Å². The number of rotatable bonds is 2. The molecule has 2 N–H and O–H groups in total. The molecule has 92 valence electrons. The number of nitrogens with two attached hydrogens (primary N) is 1. The molecule has 0 spiro atoms. The number of nitro benzene ring substituents is 1. The van der Waals surface area contributed by atoms with Gasteiger partial charge in [0.25, 0.3) is 5.69 Å². The minimum atomic E-state index is -0.596. The maximum atomic E-state index is 13.0. The predicted octanol–water partition coefficient (Wildman–Crippen LogP) is 1.66. The summed E-state index contributed by atoms with van der Waals surface area (Å²) in [6, 6.07) is 3.66. The van der Waals surface area contributed by atoms with E-state index in [9.17, 15) is 14.5 Å². The van der Waals surface area contributed by atoms with Crippen LogP contribution in [0.15, 0.2) is 18.2 Å². The average Bonchev–Trinajstić information content (AvgIpc) is 2.28. The molecule has 1 aromatic carbocycles. The normalized spacial score (nSPS) is 20.4. The molecule has 0 radical (unpaired) electrons.